The first-order valence-corrected chi connectivity index (χ1v) is 9.24. The molecule has 0 bridgehead atoms. The summed E-state index contributed by atoms with van der Waals surface area (Å²) in [5.74, 6) is 1.72. The van der Waals surface area contributed by atoms with Gasteiger partial charge in [-0.15, -0.1) is 5.10 Å². The number of carbonyl (C=O) groups excluding carboxylic acids is 1. The van der Waals surface area contributed by atoms with Crippen LogP contribution in [0, 0.1) is 13.8 Å². The number of hydrogen-bond acceptors (Lipinski definition) is 7. The maximum absolute atomic E-state index is 12.5. The highest BCUT2D eigenvalue weighted by molar-refractivity contribution is 7.98. The van der Waals surface area contributed by atoms with Gasteiger partial charge in [0.1, 0.15) is 0 Å². The molecule has 0 unspecified atom stereocenters. The van der Waals surface area contributed by atoms with E-state index in [1.165, 1.54) is 11.8 Å². The van der Waals surface area contributed by atoms with Crippen molar-refractivity contribution < 1.29 is 14.3 Å². The number of anilines is 1. The molecule has 0 atom stereocenters. The van der Waals surface area contributed by atoms with Gasteiger partial charge in [-0.25, -0.2) is 9.50 Å². The predicted molar refractivity (Wildman–Crippen MR) is 96.9 cm³/mol. The van der Waals surface area contributed by atoms with E-state index in [-0.39, 0.29) is 19.1 Å². The molecule has 4 rings (SSSR count). The highest BCUT2D eigenvalue weighted by Crippen LogP contribution is 2.34. The Kier molecular flexibility index (Phi) is 4.15. The standard InChI is InChI=1S/C17H17N5O3S/c1-9-12(10(2)22-16(18-9)20-17(21-22)26-3)7-15(23)19-11-4-5-13-14(6-11)25-8-24-13/h4-6H,7-8H2,1-3H3,(H,19,23). The number of aryl methyl sites for hydroxylation is 2. The van der Waals surface area contributed by atoms with Gasteiger partial charge in [0.05, 0.1) is 6.42 Å². The summed E-state index contributed by atoms with van der Waals surface area (Å²) in [6.45, 7) is 4.00. The lowest BCUT2D eigenvalue weighted by Gasteiger charge is -2.11. The molecule has 0 aliphatic carbocycles. The smallest absolute Gasteiger partial charge is 0.253 e. The summed E-state index contributed by atoms with van der Waals surface area (Å²) in [6.07, 6.45) is 2.11. The van der Waals surface area contributed by atoms with Crippen molar-refractivity contribution in [2.45, 2.75) is 25.4 Å². The van der Waals surface area contributed by atoms with E-state index in [2.05, 4.69) is 20.4 Å². The zero-order valence-corrected chi connectivity index (χ0v) is 15.4. The zero-order valence-electron chi connectivity index (χ0n) is 14.6. The van der Waals surface area contributed by atoms with Gasteiger partial charge in [-0.05, 0) is 32.2 Å². The largest absolute Gasteiger partial charge is 0.454 e. The fraction of sp³-hybridized carbons (Fsp3) is 0.294. The van der Waals surface area contributed by atoms with Crippen LogP contribution in [0.1, 0.15) is 17.0 Å². The minimum Gasteiger partial charge on any atom is -0.454 e. The summed E-state index contributed by atoms with van der Waals surface area (Å²) >= 11 is 1.46. The average molecular weight is 371 g/mol. The number of nitrogens with one attached hydrogen (secondary N) is 1. The number of rotatable bonds is 4. The molecule has 1 amide bonds. The lowest BCUT2D eigenvalue weighted by Crippen LogP contribution is -2.17. The maximum atomic E-state index is 12.5. The Bertz CT molecular complexity index is 1020. The summed E-state index contributed by atoms with van der Waals surface area (Å²) in [5.41, 5.74) is 3.14. The van der Waals surface area contributed by atoms with Crippen LogP contribution in [0.2, 0.25) is 0 Å². The van der Waals surface area contributed by atoms with Crippen molar-refractivity contribution in [2.75, 3.05) is 18.4 Å². The molecule has 26 heavy (non-hydrogen) atoms. The molecule has 0 spiro atoms. The number of aromatic nitrogens is 4. The van der Waals surface area contributed by atoms with Crippen molar-refractivity contribution in [1.82, 2.24) is 19.6 Å². The average Bonchev–Trinajstić information content (AvgIpc) is 3.24. The van der Waals surface area contributed by atoms with Crippen molar-refractivity contribution in [1.29, 1.82) is 0 Å². The molecule has 1 aliphatic rings. The molecule has 0 radical (unpaired) electrons. The fourth-order valence-electron chi connectivity index (χ4n) is 2.87. The molecule has 1 aliphatic heterocycles. The SMILES string of the molecule is CSc1nc2nc(C)c(CC(=O)Nc3ccc4c(c3)OCO4)c(C)n2n1. The summed E-state index contributed by atoms with van der Waals surface area (Å²) in [7, 11) is 0. The van der Waals surface area contributed by atoms with Crippen molar-refractivity contribution >= 4 is 29.1 Å². The molecule has 0 saturated heterocycles. The van der Waals surface area contributed by atoms with Crippen LogP contribution in [0.3, 0.4) is 0 Å². The minimum absolute atomic E-state index is 0.138. The summed E-state index contributed by atoms with van der Waals surface area (Å²) in [4.78, 5) is 21.3. The molecular weight excluding hydrogens is 354 g/mol. The number of fused-ring (bicyclic) bond motifs is 2. The monoisotopic (exact) mass is 371 g/mol. The van der Waals surface area contributed by atoms with Gasteiger partial charge in [-0.1, -0.05) is 11.8 Å². The van der Waals surface area contributed by atoms with Gasteiger partial charge >= 0.3 is 0 Å². The lowest BCUT2D eigenvalue weighted by atomic mass is 10.1. The first kappa shape index (κ1) is 16.6. The van der Waals surface area contributed by atoms with Crippen LogP contribution in [0.25, 0.3) is 5.78 Å². The van der Waals surface area contributed by atoms with E-state index in [0.29, 0.717) is 28.1 Å². The quantitative estimate of drug-likeness (QED) is 0.704. The number of carbonyl (C=O) groups is 1. The van der Waals surface area contributed by atoms with Gasteiger partial charge < -0.3 is 14.8 Å². The van der Waals surface area contributed by atoms with Gasteiger partial charge in [0.2, 0.25) is 17.9 Å². The molecular formula is C17H17N5O3S. The lowest BCUT2D eigenvalue weighted by molar-refractivity contribution is -0.115. The molecule has 1 N–H and O–H groups in total. The number of amides is 1. The third-order valence-corrected chi connectivity index (χ3v) is 4.74. The number of hydrogen-bond donors (Lipinski definition) is 1. The maximum Gasteiger partial charge on any atom is 0.253 e. The van der Waals surface area contributed by atoms with Gasteiger partial charge in [0, 0.05) is 28.7 Å². The molecule has 0 fully saturated rings. The van der Waals surface area contributed by atoms with E-state index < -0.39 is 0 Å². The summed E-state index contributed by atoms with van der Waals surface area (Å²) < 4.78 is 12.3. The predicted octanol–water partition coefficient (Wildman–Crippen LogP) is 2.37. The van der Waals surface area contributed by atoms with E-state index in [1.54, 1.807) is 22.7 Å². The van der Waals surface area contributed by atoms with Crippen LogP contribution >= 0.6 is 11.8 Å². The van der Waals surface area contributed by atoms with Crippen molar-refractivity contribution in [2.24, 2.45) is 0 Å². The normalized spacial score (nSPS) is 12.6. The number of ether oxygens (including phenoxy) is 2. The Morgan fingerprint density at radius 2 is 2.08 bits per heavy atom. The van der Waals surface area contributed by atoms with Crippen LogP contribution in [-0.4, -0.2) is 38.5 Å². The second-order valence-corrected chi connectivity index (χ2v) is 6.64. The minimum atomic E-state index is -0.138. The highest BCUT2D eigenvalue weighted by atomic mass is 32.2. The number of benzene rings is 1. The van der Waals surface area contributed by atoms with Crippen LogP contribution in [-0.2, 0) is 11.2 Å². The molecule has 1 aromatic carbocycles. The van der Waals surface area contributed by atoms with Crippen LogP contribution in [0.5, 0.6) is 11.5 Å². The van der Waals surface area contributed by atoms with Gasteiger partial charge in [-0.2, -0.15) is 4.98 Å². The van der Waals surface area contributed by atoms with Gasteiger partial charge in [-0.3, -0.25) is 4.79 Å². The molecule has 3 aromatic rings. The van der Waals surface area contributed by atoms with E-state index >= 15 is 0 Å². The van der Waals surface area contributed by atoms with E-state index in [4.69, 9.17) is 9.47 Å². The Morgan fingerprint density at radius 3 is 2.88 bits per heavy atom. The number of thioether (sulfide) groups is 1. The first-order chi connectivity index (χ1) is 12.5. The molecule has 0 saturated carbocycles. The molecule has 2 aromatic heterocycles. The third-order valence-electron chi connectivity index (χ3n) is 4.21. The summed E-state index contributed by atoms with van der Waals surface area (Å²) in [6, 6.07) is 5.32. The molecule has 9 heteroatoms. The van der Waals surface area contributed by atoms with Crippen molar-refractivity contribution in [3.63, 3.8) is 0 Å². The Labute approximate surface area is 153 Å². The summed E-state index contributed by atoms with van der Waals surface area (Å²) in [5, 5.41) is 7.95. The van der Waals surface area contributed by atoms with E-state index in [1.807, 2.05) is 20.1 Å². The third kappa shape index (κ3) is 2.94. The molecule has 134 valence electrons. The fourth-order valence-corrected chi connectivity index (χ4v) is 3.21. The second kappa shape index (κ2) is 6.49. The van der Waals surface area contributed by atoms with E-state index in [0.717, 1.165) is 17.0 Å². The molecule has 8 nitrogen and oxygen atoms in total. The Morgan fingerprint density at radius 1 is 1.27 bits per heavy atom. The van der Waals surface area contributed by atoms with Crippen molar-refractivity contribution in [3.8, 4) is 11.5 Å². The highest BCUT2D eigenvalue weighted by Gasteiger charge is 2.17. The number of nitrogens with zero attached hydrogens (tertiary/aromatic N) is 4. The Balaban J connectivity index is 1.57. The van der Waals surface area contributed by atoms with Gasteiger partial charge in [0.25, 0.3) is 5.78 Å². The molecule has 3 heterocycles. The topological polar surface area (TPSA) is 90.6 Å². The van der Waals surface area contributed by atoms with Gasteiger partial charge in [0.15, 0.2) is 11.5 Å². The zero-order chi connectivity index (χ0) is 18.3. The first-order valence-electron chi connectivity index (χ1n) is 8.01. The van der Waals surface area contributed by atoms with Crippen LogP contribution in [0.15, 0.2) is 23.4 Å². The van der Waals surface area contributed by atoms with Crippen molar-refractivity contribution in [3.05, 3.63) is 35.2 Å². The Hall–Kier alpha value is -2.81. The van der Waals surface area contributed by atoms with Crippen LogP contribution in [0.4, 0.5) is 5.69 Å². The van der Waals surface area contributed by atoms with E-state index in [9.17, 15) is 4.79 Å². The van der Waals surface area contributed by atoms with Crippen LogP contribution < -0.4 is 14.8 Å². The second-order valence-electron chi connectivity index (χ2n) is 5.86.